The number of aryl methyl sites for hydroxylation is 20. The lowest BCUT2D eigenvalue weighted by molar-refractivity contribution is 0.668. The monoisotopic (exact) mass is 1980 g/mol. The normalized spacial score (nSPS) is 11.0. The molecule has 0 spiro atoms. The summed E-state index contributed by atoms with van der Waals surface area (Å²) in [6, 6.07) is 114. The highest BCUT2D eigenvalue weighted by molar-refractivity contribution is 7.26. The molecule has 0 atom stereocenters. The second-order valence-electron chi connectivity index (χ2n) is 39.2. The number of nitrogens with zero attached hydrogens (tertiary/aromatic N) is 10. The maximum absolute atomic E-state index is 5.81. The number of aromatic nitrogens is 11. The van der Waals surface area contributed by atoms with Crippen molar-refractivity contribution < 1.29 is 8.83 Å². The molecule has 0 aliphatic carbocycles. The van der Waals surface area contributed by atoms with Crippen LogP contribution in [0, 0.1) is 138 Å². The molecule has 0 saturated carbocycles. The molecule has 149 heavy (non-hydrogen) atoms. The number of benzene rings is 12. The van der Waals surface area contributed by atoms with Crippen LogP contribution in [-0.4, -0.2) is 54.8 Å². The minimum absolute atomic E-state index is 0.926. The Morgan fingerprint density at radius 3 is 0.906 bits per heavy atom. The predicted molar refractivity (Wildman–Crippen MR) is 633 cm³/mol. The number of hydrogen-bond donors (Lipinski definition) is 1. The van der Waals surface area contributed by atoms with Crippen LogP contribution in [0.2, 0.25) is 0 Å². The SMILES string of the molecule is Cc1ccc(-c2ccc(C)cn2)nc1.Cc1ccc2c(c1)[nH]c1cc(C)ccc12.Cc1ccc2c(c1)oc1cc(C)ccc12.Cc1ccc2c(c1)sc1cc(C)ccc12.Cc1ccc2ccc3ccc(C)nc3c2n1.Cc1ccc2oc3ccc(C)cc3c2c1.Cc1ccc2sc3ccc(C)cc3c2c1.Cc1cccc(-c2cccc(C)n2)n1.Cc1ccnc(-c2cc(C)ccn2)c1.Cc1cnc2c(ccc3cc(C)cnc32)c1. The highest BCUT2D eigenvalue weighted by Crippen LogP contribution is 2.39. The third-order valence-corrected chi connectivity index (χ3v) is 28.1. The number of fused-ring (bicyclic) bond motifs is 21. The summed E-state index contributed by atoms with van der Waals surface area (Å²) in [5.41, 5.74) is 40.1. The maximum atomic E-state index is 5.81. The summed E-state index contributed by atoms with van der Waals surface area (Å²) in [5, 5.41) is 17.7. The molecule has 0 aliphatic rings. The molecular formula is C134H121N11O2S2. The summed E-state index contributed by atoms with van der Waals surface area (Å²) >= 11 is 3.77. The molecule has 27 aromatic rings. The van der Waals surface area contributed by atoms with Crippen molar-refractivity contribution in [3.05, 3.63) is 477 Å². The average Bonchev–Trinajstić information content (AvgIpc) is 1.34. The number of thiophene rings is 2. The Labute approximate surface area is 878 Å². The first kappa shape index (κ1) is 102. The first-order valence-electron chi connectivity index (χ1n) is 50.4. The van der Waals surface area contributed by atoms with Crippen molar-refractivity contribution in [1.29, 1.82) is 0 Å². The molecule has 13 nitrogen and oxygen atoms in total. The molecule has 0 saturated heterocycles. The Bertz CT molecular complexity index is 8550. The zero-order valence-electron chi connectivity index (χ0n) is 88.2. The second kappa shape index (κ2) is 45.8. The maximum Gasteiger partial charge on any atom is 0.135 e. The smallest absolute Gasteiger partial charge is 0.135 e. The van der Waals surface area contributed by atoms with Crippen molar-refractivity contribution >= 4 is 172 Å². The van der Waals surface area contributed by atoms with Gasteiger partial charge in [-0.3, -0.25) is 49.8 Å². The van der Waals surface area contributed by atoms with E-state index < -0.39 is 0 Å². The average molecular weight is 1980 g/mol. The number of aromatic amines is 1. The van der Waals surface area contributed by atoms with Crippen LogP contribution in [0.3, 0.4) is 0 Å². The molecule has 0 aliphatic heterocycles. The van der Waals surface area contributed by atoms with Gasteiger partial charge in [-0.1, -0.05) is 180 Å². The number of rotatable bonds is 3. The van der Waals surface area contributed by atoms with Gasteiger partial charge in [0.05, 0.1) is 56.2 Å². The van der Waals surface area contributed by atoms with E-state index in [-0.39, 0.29) is 0 Å². The van der Waals surface area contributed by atoms with E-state index in [1.165, 1.54) is 173 Å². The van der Waals surface area contributed by atoms with Crippen LogP contribution in [0.5, 0.6) is 0 Å². The lowest BCUT2D eigenvalue weighted by Crippen LogP contribution is -1.90. The van der Waals surface area contributed by atoms with Crippen molar-refractivity contribution in [3.63, 3.8) is 0 Å². The van der Waals surface area contributed by atoms with Crippen LogP contribution >= 0.6 is 22.7 Å². The van der Waals surface area contributed by atoms with Gasteiger partial charge in [-0.2, -0.15) is 0 Å². The van der Waals surface area contributed by atoms with Crippen molar-refractivity contribution in [2.24, 2.45) is 0 Å². The largest absolute Gasteiger partial charge is 0.456 e. The molecular weight excluding hydrogens is 1860 g/mol. The quantitative estimate of drug-likeness (QED) is 0.166. The van der Waals surface area contributed by atoms with Gasteiger partial charge in [-0.15, -0.1) is 22.7 Å². The van der Waals surface area contributed by atoms with Crippen LogP contribution in [0.1, 0.15) is 112 Å². The van der Waals surface area contributed by atoms with E-state index in [1.807, 2.05) is 211 Å². The van der Waals surface area contributed by atoms with Crippen LogP contribution in [-0.2, 0) is 0 Å². The number of H-pyrrole nitrogens is 1. The summed E-state index contributed by atoms with van der Waals surface area (Å²) in [6.45, 7) is 41.5. The van der Waals surface area contributed by atoms with E-state index in [4.69, 9.17) is 8.83 Å². The minimum atomic E-state index is 0.926. The Morgan fingerprint density at radius 2 is 0.503 bits per heavy atom. The molecule has 15 aromatic heterocycles. The fraction of sp³-hybridized carbons (Fsp3) is 0.149. The molecule has 0 fully saturated rings. The van der Waals surface area contributed by atoms with E-state index in [1.54, 1.807) is 0 Å². The van der Waals surface area contributed by atoms with Crippen molar-refractivity contribution in [2.45, 2.75) is 138 Å². The highest BCUT2D eigenvalue weighted by atomic mass is 32.1. The summed E-state index contributed by atoms with van der Waals surface area (Å²) in [5.74, 6) is 0. The number of hydrogen-bond acceptors (Lipinski definition) is 14. The fourth-order valence-electron chi connectivity index (χ4n) is 18.1. The van der Waals surface area contributed by atoms with E-state index in [0.717, 1.165) is 123 Å². The first-order chi connectivity index (χ1) is 71.9. The third-order valence-electron chi connectivity index (χ3n) is 25.8. The molecule has 27 rings (SSSR count). The molecule has 1 N–H and O–H groups in total. The Kier molecular flexibility index (Phi) is 31.3. The zero-order chi connectivity index (χ0) is 104. The summed E-state index contributed by atoms with van der Waals surface area (Å²) in [6.07, 6.45) is 11.1. The Hall–Kier alpha value is -17.0. The lowest BCUT2D eigenvalue weighted by atomic mass is 10.1. The van der Waals surface area contributed by atoms with Gasteiger partial charge in [0.25, 0.3) is 0 Å². The van der Waals surface area contributed by atoms with Gasteiger partial charge in [-0.25, -0.2) is 0 Å². The summed E-state index contributed by atoms with van der Waals surface area (Å²) in [7, 11) is 0. The fourth-order valence-corrected chi connectivity index (χ4v) is 20.4. The van der Waals surface area contributed by atoms with Crippen LogP contribution in [0.25, 0.3) is 184 Å². The highest BCUT2D eigenvalue weighted by Gasteiger charge is 2.15. The second-order valence-corrected chi connectivity index (χ2v) is 41.4. The number of furan rings is 2. The van der Waals surface area contributed by atoms with Gasteiger partial charge in [0, 0.05) is 165 Å². The van der Waals surface area contributed by atoms with E-state index in [0.29, 0.717) is 0 Å². The molecule has 0 amide bonds. The van der Waals surface area contributed by atoms with Crippen molar-refractivity contribution in [3.8, 4) is 34.2 Å². The topological polar surface area (TPSA) is 171 Å². The molecule has 15 heterocycles. The van der Waals surface area contributed by atoms with Gasteiger partial charge in [0.15, 0.2) is 0 Å². The molecule has 12 aromatic carbocycles. The van der Waals surface area contributed by atoms with Crippen molar-refractivity contribution in [2.75, 3.05) is 0 Å². The van der Waals surface area contributed by atoms with E-state index in [9.17, 15) is 0 Å². The third kappa shape index (κ3) is 25.1. The molecule has 736 valence electrons. The standard InChI is InChI=1S/2C14H12N2.C14H13N.2C14H12O.2C14H12S.3C12H12N2/c1-9-3-5-11-7-8-12-6-4-10(2)16-14(12)13(11)15-9;1-9-5-11-3-4-12-6-10(2)8-16-14(12)13(11)15-7-9;1-9-3-5-11-12-6-4-10(2)8-14(12)15-13(11)7-9;1-9-3-5-13-11(7-9)12-8-10(2)4-6-14(12)15-13;1-9-3-5-11-12-6-4-10(2)8-14(12)15-13(11)7-9;1-9-3-5-13-11(7-9)12-8-10(2)4-6-14(12)15-13;1-9-3-5-11-12-6-4-10(2)8-14(12)15-13(11)7-9;1-9-3-5-13-11(7-9)12-8-10(2)4-6-14-12;1-9-3-5-11(13-7-9)12-6-4-10(2)8-14-12;1-9-5-3-7-11(13-9)12-8-4-6-10(2)14-12/h2*3-8H,1-2H3;3-8,15H,1-2H3;4*3-8H,1-2H3;3*3-8H,1-2H3. The van der Waals surface area contributed by atoms with E-state index in [2.05, 4.69) is 370 Å². The van der Waals surface area contributed by atoms with Gasteiger partial charge >= 0.3 is 0 Å². The predicted octanol–water partition coefficient (Wildman–Crippen LogP) is 36.8. The minimum Gasteiger partial charge on any atom is -0.456 e. The molecule has 0 unspecified atom stereocenters. The van der Waals surface area contributed by atoms with Crippen LogP contribution in [0.4, 0.5) is 0 Å². The lowest BCUT2D eigenvalue weighted by Gasteiger charge is -2.04. The number of pyridine rings is 10. The van der Waals surface area contributed by atoms with Crippen molar-refractivity contribution in [1.82, 2.24) is 54.8 Å². The van der Waals surface area contributed by atoms with Gasteiger partial charge in [0.2, 0.25) is 0 Å². The molecule has 0 radical (unpaired) electrons. The van der Waals surface area contributed by atoms with Crippen LogP contribution in [0.15, 0.2) is 374 Å². The number of nitrogens with one attached hydrogen (secondary N) is 1. The molecule has 0 bridgehead atoms. The summed E-state index contributed by atoms with van der Waals surface area (Å²) < 4.78 is 17.2. The Balaban J connectivity index is 0.000000108. The summed E-state index contributed by atoms with van der Waals surface area (Å²) in [4.78, 5) is 47.6. The van der Waals surface area contributed by atoms with Gasteiger partial charge in [-0.05, 0) is 375 Å². The van der Waals surface area contributed by atoms with Gasteiger partial charge < -0.3 is 13.8 Å². The molecule has 15 heteroatoms. The van der Waals surface area contributed by atoms with Gasteiger partial charge in [0.1, 0.15) is 22.3 Å². The first-order valence-corrected chi connectivity index (χ1v) is 52.0. The van der Waals surface area contributed by atoms with E-state index >= 15 is 0 Å². The van der Waals surface area contributed by atoms with Crippen LogP contribution < -0.4 is 0 Å². The zero-order valence-corrected chi connectivity index (χ0v) is 89.9. The Morgan fingerprint density at radius 1 is 0.181 bits per heavy atom.